The Morgan fingerprint density at radius 2 is 1.91 bits per heavy atom. The van der Waals surface area contributed by atoms with Crippen molar-refractivity contribution in [3.63, 3.8) is 0 Å². The number of benzene rings is 1. The summed E-state index contributed by atoms with van der Waals surface area (Å²) in [6, 6.07) is 4.19. The van der Waals surface area contributed by atoms with E-state index in [0.717, 1.165) is 37.4 Å². The molecule has 3 atom stereocenters. The van der Waals surface area contributed by atoms with E-state index in [9.17, 15) is 35.2 Å². The molecule has 1 aromatic carbocycles. The first-order valence-corrected chi connectivity index (χ1v) is 12.5. The molecule has 13 heteroatoms. The van der Waals surface area contributed by atoms with Crippen LogP contribution in [0.2, 0.25) is 0 Å². The van der Waals surface area contributed by atoms with E-state index in [4.69, 9.17) is 4.74 Å². The van der Waals surface area contributed by atoms with Gasteiger partial charge in [0.1, 0.15) is 17.3 Å². The summed E-state index contributed by atoms with van der Waals surface area (Å²) in [6.45, 7) is 1.72. The second-order valence-electron chi connectivity index (χ2n) is 9.13. The van der Waals surface area contributed by atoms with Crippen molar-refractivity contribution in [2.24, 2.45) is 5.92 Å². The third-order valence-corrected chi connectivity index (χ3v) is 7.47. The molecule has 1 saturated heterocycles. The Bertz CT molecular complexity index is 1280. The first-order chi connectivity index (χ1) is 16.0. The standard InChI is InChI=1S/C22H22F5N3O4S/c1-12(22(25,26)27)34-16-5-4-14(35(3,32)33)8-15(16)18(31)30-10-13-9-21(13,11-30)19-28-7-6-17(29-19)20(2,23)24/h4-8,12-13H,9-11H2,1-3H3/t12-,13?,21?/m1/s1. The van der Waals surface area contributed by atoms with Gasteiger partial charge in [0, 0.05) is 32.5 Å². The molecule has 7 nitrogen and oxygen atoms in total. The normalized spacial score (nSPS) is 23.1. The number of hydrogen-bond donors (Lipinski definition) is 0. The highest BCUT2D eigenvalue weighted by atomic mass is 32.2. The quantitative estimate of drug-likeness (QED) is 0.541. The lowest BCUT2D eigenvalue weighted by molar-refractivity contribution is -0.189. The number of ether oxygens (including phenoxy) is 1. The van der Waals surface area contributed by atoms with Crippen molar-refractivity contribution < 1.29 is 39.9 Å². The van der Waals surface area contributed by atoms with E-state index in [-0.39, 0.29) is 35.3 Å². The van der Waals surface area contributed by atoms with E-state index in [0.29, 0.717) is 13.3 Å². The summed E-state index contributed by atoms with van der Waals surface area (Å²) in [7, 11) is -3.77. The van der Waals surface area contributed by atoms with E-state index in [1.807, 2.05) is 0 Å². The summed E-state index contributed by atoms with van der Waals surface area (Å²) >= 11 is 0. The number of hydrogen-bond acceptors (Lipinski definition) is 6. The van der Waals surface area contributed by atoms with E-state index >= 15 is 0 Å². The van der Waals surface area contributed by atoms with E-state index in [1.165, 1.54) is 11.1 Å². The smallest absolute Gasteiger partial charge is 0.425 e. The van der Waals surface area contributed by atoms with Crippen LogP contribution in [0, 0.1) is 5.92 Å². The fraction of sp³-hybridized carbons (Fsp3) is 0.500. The molecule has 1 aliphatic heterocycles. The summed E-state index contributed by atoms with van der Waals surface area (Å²) in [5.74, 6) is -4.28. The third kappa shape index (κ3) is 4.82. The average Bonchev–Trinajstić information content (AvgIpc) is 3.32. The van der Waals surface area contributed by atoms with Gasteiger partial charge in [0.25, 0.3) is 11.8 Å². The number of alkyl halides is 5. The highest BCUT2D eigenvalue weighted by Gasteiger charge is 2.64. The Balaban J connectivity index is 1.65. The Kier molecular flexibility index (Phi) is 5.85. The summed E-state index contributed by atoms with van der Waals surface area (Å²) in [4.78, 5) is 22.6. The van der Waals surface area contributed by atoms with Crippen LogP contribution in [-0.2, 0) is 21.2 Å². The molecule has 2 unspecified atom stereocenters. The van der Waals surface area contributed by atoms with E-state index in [1.54, 1.807) is 0 Å². The molecule has 190 valence electrons. The van der Waals surface area contributed by atoms with Crippen LogP contribution in [0.3, 0.4) is 0 Å². The predicted molar refractivity (Wildman–Crippen MR) is 113 cm³/mol. The zero-order valence-corrected chi connectivity index (χ0v) is 19.8. The van der Waals surface area contributed by atoms with Crippen LogP contribution in [0.25, 0.3) is 0 Å². The van der Waals surface area contributed by atoms with Crippen LogP contribution in [0.4, 0.5) is 22.0 Å². The molecule has 0 bridgehead atoms. The fourth-order valence-corrected chi connectivity index (χ4v) is 4.91. The monoisotopic (exact) mass is 519 g/mol. The summed E-state index contributed by atoms with van der Waals surface area (Å²) < 4.78 is 95.7. The molecule has 2 aromatic rings. The molecule has 1 aromatic heterocycles. The van der Waals surface area contributed by atoms with Gasteiger partial charge in [-0.1, -0.05) is 0 Å². The maximum Gasteiger partial charge on any atom is 0.425 e. The Hall–Kier alpha value is -2.83. The lowest BCUT2D eigenvalue weighted by Gasteiger charge is -2.24. The van der Waals surface area contributed by atoms with Crippen molar-refractivity contribution in [3.8, 4) is 5.75 Å². The van der Waals surface area contributed by atoms with Crippen LogP contribution >= 0.6 is 0 Å². The summed E-state index contributed by atoms with van der Waals surface area (Å²) in [5.41, 5.74) is -1.54. The maximum absolute atomic E-state index is 13.8. The van der Waals surface area contributed by atoms with Gasteiger partial charge in [0.05, 0.1) is 15.9 Å². The number of carbonyl (C=O) groups excluding carboxylic acids is 1. The van der Waals surface area contributed by atoms with Gasteiger partial charge < -0.3 is 9.64 Å². The maximum atomic E-state index is 13.8. The lowest BCUT2D eigenvalue weighted by Crippen LogP contribution is -2.35. The number of rotatable bonds is 6. The Labute approximate surface area is 198 Å². The molecule has 0 spiro atoms. The highest BCUT2D eigenvalue weighted by molar-refractivity contribution is 7.90. The van der Waals surface area contributed by atoms with Crippen LogP contribution < -0.4 is 4.74 Å². The SMILES string of the molecule is C[C@@H](Oc1ccc(S(C)(=O)=O)cc1C(=O)N1CC2CC2(c2nccc(C(C)(F)F)n2)C1)C(F)(F)F. The van der Waals surface area contributed by atoms with Crippen molar-refractivity contribution in [2.75, 3.05) is 19.3 Å². The number of sulfone groups is 1. The second-order valence-corrected chi connectivity index (χ2v) is 11.1. The molecular weight excluding hydrogens is 497 g/mol. The molecule has 0 radical (unpaired) electrons. The molecule has 4 rings (SSSR count). The number of nitrogens with zero attached hydrogens (tertiary/aromatic N) is 3. The molecule has 0 N–H and O–H groups in total. The van der Waals surface area contributed by atoms with Gasteiger partial charge in [-0.25, -0.2) is 18.4 Å². The van der Waals surface area contributed by atoms with Crippen LogP contribution in [-0.4, -0.2) is 60.8 Å². The molecule has 2 heterocycles. The Morgan fingerprint density at radius 3 is 2.51 bits per heavy atom. The number of halogens is 5. The van der Waals surface area contributed by atoms with Gasteiger partial charge in [-0.05, 0) is 43.5 Å². The number of carbonyl (C=O) groups is 1. The minimum absolute atomic E-state index is 0.0482. The first kappa shape index (κ1) is 25.3. The van der Waals surface area contributed by atoms with Crippen molar-refractivity contribution in [2.45, 2.75) is 48.8 Å². The van der Waals surface area contributed by atoms with Gasteiger partial charge >= 0.3 is 6.18 Å². The average molecular weight is 519 g/mol. The molecule has 1 saturated carbocycles. The van der Waals surface area contributed by atoms with E-state index < -0.39 is 50.8 Å². The lowest BCUT2D eigenvalue weighted by atomic mass is 10.0. The number of aromatic nitrogens is 2. The summed E-state index contributed by atoms with van der Waals surface area (Å²) in [5, 5.41) is 0. The van der Waals surface area contributed by atoms with Crippen molar-refractivity contribution in [1.29, 1.82) is 0 Å². The summed E-state index contributed by atoms with van der Waals surface area (Å²) in [6.07, 6.45) is -4.26. The van der Waals surface area contributed by atoms with Crippen LogP contribution in [0.5, 0.6) is 5.75 Å². The third-order valence-electron chi connectivity index (χ3n) is 6.36. The van der Waals surface area contributed by atoms with Gasteiger partial charge in [-0.2, -0.15) is 22.0 Å². The van der Waals surface area contributed by atoms with Crippen molar-refractivity contribution >= 4 is 15.7 Å². The molecule has 1 amide bonds. The first-order valence-electron chi connectivity index (χ1n) is 10.6. The van der Waals surface area contributed by atoms with E-state index in [2.05, 4.69) is 9.97 Å². The number of piperidine rings is 1. The van der Waals surface area contributed by atoms with Gasteiger partial charge in [0.15, 0.2) is 15.9 Å². The fourth-order valence-electron chi connectivity index (χ4n) is 4.26. The molecule has 1 aliphatic carbocycles. The molecular formula is C22H22F5N3O4S. The van der Waals surface area contributed by atoms with Gasteiger partial charge in [-0.15, -0.1) is 0 Å². The van der Waals surface area contributed by atoms with Crippen LogP contribution in [0.1, 0.15) is 42.1 Å². The molecule has 2 fully saturated rings. The minimum Gasteiger partial charge on any atom is -0.480 e. The van der Waals surface area contributed by atoms with Crippen LogP contribution in [0.15, 0.2) is 35.4 Å². The van der Waals surface area contributed by atoms with Crippen molar-refractivity contribution in [3.05, 3.63) is 47.5 Å². The number of amides is 1. The molecule has 35 heavy (non-hydrogen) atoms. The zero-order chi connectivity index (χ0) is 26.0. The molecule has 2 aliphatic rings. The largest absolute Gasteiger partial charge is 0.480 e. The van der Waals surface area contributed by atoms with Gasteiger partial charge in [0.2, 0.25) is 0 Å². The number of likely N-dealkylation sites (tertiary alicyclic amines) is 1. The Morgan fingerprint density at radius 1 is 1.23 bits per heavy atom. The van der Waals surface area contributed by atoms with Gasteiger partial charge in [-0.3, -0.25) is 4.79 Å². The topological polar surface area (TPSA) is 89.5 Å². The zero-order valence-electron chi connectivity index (χ0n) is 18.9. The second kappa shape index (κ2) is 8.10. The minimum atomic E-state index is -4.71. The highest BCUT2D eigenvalue weighted by Crippen LogP contribution is 2.58. The predicted octanol–water partition coefficient (Wildman–Crippen LogP) is 3.74. The number of fused-ring (bicyclic) bond motifs is 1. The van der Waals surface area contributed by atoms with Crippen molar-refractivity contribution in [1.82, 2.24) is 14.9 Å².